The van der Waals surface area contributed by atoms with Gasteiger partial charge in [0.1, 0.15) is 30.5 Å². The van der Waals surface area contributed by atoms with Crippen molar-refractivity contribution in [3.8, 4) is 11.1 Å². The Morgan fingerprint density at radius 1 is 0.367 bits per heavy atom. The number of aliphatic imine (C=N–C) groups is 1. The molecule has 290 valence electrons. The molecule has 0 fully saturated rings. The highest BCUT2D eigenvalue weighted by Gasteiger charge is 2.34. The molecule has 3 aliphatic heterocycles. The van der Waals surface area contributed by atoms with Crippen molar-refractivity contribution in [2.45, 2.75) is 24.7 Å². The van der Waals surface area contributed by atoms with E-state index in [-0.39, 0.29) is 24.7 Å². The predicted molar refractivity (Wildman–Crippen MR) is 246 cm³/mol. The lowest BCUT2D eigenvalue weighted by Gasteiger charge is -2.33. The topological polar surface area (TPSA) is 67.0 Å². The number of amidine groups is 1. The van der Waals surface area contributed by atoms with E-state index in [2.05, 4.69) is 243 Å². The van der Waals surface area contributed by atoms with E-state index in [1.54, 1.807) is 0 Å². The quantitative estimate of drug-likeness (QED) is 0.123. The second kappa shape index (κ2) is 15.3. The third kappa shape index (κ3) is 6.61. The molecule has 0 spiro atoms. The number of hydrogen-bond acceptors (Lipinski definition) is 7. The van der Waals surface area contributed by atoms with Gasteiger partial charge in [-0.25, -0.2) is 4.99 Å². The Bertz CT molecular complexity index is 2830. The van der Waals surface area contributed by atoms with Gasteiger partial charge in [-0.1, -0.05) is 146 Å². The van der Waals surface area contributed by atoms with Gasteiger partial charge in [0.05, 0.1) is 22.7 Å². The van der Waals surface area contributed by atoms with Crippen molar-refractivity contribution < 1.29 is 0 Å². The number of hydrogen-bond donors (Lipinski definition) is 4. The van der Waals surface area contributed by atoms with Crippen LogP contribution < -0.4 is 31.1 Å². The van der Waals surface area contributed by atoms with E-state index in [0.717, 1.165) is 67.8 Å². The molecule has 3 aliphatic rings. The Hall–Kier alpha value is -7.61. The lowest BCUT2D eigenvalue weighted by atomic mass is 10.00. The number of nitrogens with zero attached hydrogens (tertiary/aromatic N) is 3. The third-order valence-corrected chi connectivity index (χ3v) is 11.7. The maximum absolute atomic E-state index is 5.47. The summed E-state index contributed by atoms with van der Waals surface area (Å²) in [5.41, 5.74) is 14.7. The van der Waals surface area contributed by atoms with E-state index < -0.39 is 0 Å². The van der Waals surface area contributed by atoms with Gasteiger partial charge < -0.3 is 25.8 Å². The number of nitrogens with one attached hydrogen (secondary N) is 4. The highest BCUT2D eigenvalue weighted by atomic mass is 15.3. The lowest BCUT2D eigenvalue weighted by molar-refractivity contribution is 0.409. The minimum absolute atomic E-state index is 0.0967. The Labute approximate surface area is 350 Å². The summed E-state index contributed by atoms with van der Waals surface area (Å²) in [6.07, 6.45) is -0.754. The van der Waals surface area contributed by atoms with Gasteiger partial charge in [-0.05, 0) is 100 Å². The van der Waals surface area contributed by atoms with Crippen LogP contribution in [-0.4, -0.2) is 5.84 Å². The number of para-hydroxylation sites is 6. The monoisotopic (exact) mass is 777 g/mol. The molecule has 0 bridgehead atoms. The maximum atomic E-state index is 5.47. The molecule has 60 heavy (non-hydrogen) atoms. The van der Waals surface area contributed by atoms with E-state index in [0.29, 0.717) is 0 Å². The second-order valence-corrected chi connectivity index (χ2v) is 15.5. The predicted octanol–water partition coefficient (Wildman–Crippen LogP) is 12.2. The van der Waals surface area contributed by atoms with Crippen LogP contribution in [0.5, 0.6) is 0 Å². The van der Waals surface area contributed by atoms with Crippen molar-refractivity contribution in [2.24, 2.45) is 4.99 Å². The first kappa shape index (κ1) is 35.5. The summed E-state index contributed by atoms with van der Waals surface area (Å²) >= 11 is 0. The average Bonchev–Trinajstić information content (AvgIpc) is 3.92. The highest BCUT2D eigenvalue weighted by molar-refractivity contribution is 6.00. The normalized spacial score (nSPS) is 19.0. The third-order valence-electron chi connectivity index (χ3n) is 11.7. The fourth-order valence-corrected chi connectivity index (χ4v) is 8.86. The molecular formula is C53H43N7. The van der Waals surface area contributed by atoms with Gasteiger partial charge in [0, 0.05) is 16.9 Å². The van der Waals surface area contributed by atoms with Gasteiger partial charge in [0.2, 0.25) is 0 Å². The Morgan fingerprint density at radius 2 is 0.833 bits per heavy atom. The fourth-order valence-electron chi connectivity index (χ4n) is 8.86. The van der Waals surface area contributed by atoms with Crippen LogP contribution >= 0.6 is 0 Å². The van der Waals surface area contributed by atoms with Gasteiger partial charge in [-0.3, -0.25) is 5.32 Å². The zero-order valence-corrected chi connectivity index (χ0v) is 32.9. The molecule has 0 saturated heterocycles. The summed E-state index contributed by atoms with van der Waals surface area (Å²) in [6.45, 7) is 0. The van der Waals surface area contributed by atoms with E-state index in [1.165, 1.54) is 11.1 Å². The average molecular weight is 778 g/mol. The summed E-state index contributed by atoms with van der Waals surface area (Å²) in [5.74, 6) is 0.834. The van der Waals surface area contributed by atoms with Crippen LogP contribution in [0, 0.1) is 0 Å². The van der Waals surface area contributed by atoms with Crippen LogP contribution in [0.4, 0.5) is 34.1 Å². The zero-order valence-electron chi connectivity index (χ0n) is 32.9. The SMILES string of the molecule is c1ccc(-c2cccc(C3NC(c4cccc(C5Nc6ccccc6N5c5ccccc5)c4)=NC(c4cccc(C5Nc6ccccc6N5c5ccccc5)c4)N3)c2)cc1. The van der Waals surface area contributed by atoms with Crippen LogP contribution in [-0.2, 0) is 0 Å². The number of rotatable bonds is 8. The molecule has 0 aromatic heterocycles. The molecule has 0 saturated carbocycles. The highest BCUT2D eigenvalue weighted by Crippen LogP contribution is 2.47. The summed E-state index contributed by atoms with van der Waals surface area (Å²) in [6, 6.07) is 75.3. The van der Waals surface area contributed by atoms with E-state index in [9.17, 15) is 0 Å². The van der Waals surface area contributed by atoms with E-state index >= 15 is 0 Å². The largest absolute Gasteiger partial charge is 0.359 e. The van der Waals surface area contributed by atoms with Gasteiger partial charge in [-0.15, -0.1) is 0 Å². The smallest absolute Gasteiger partial charge is 0.131 e. The molecule has 8 aromatic rings. The van der Waals surface area contributed by atoms with Crippen molar-refractivity contribution in [1.29, 1.82) is 0 Å². The summed E-state index contributed by atoms with van der Waals surface area (Å²) in [4.78, 5) is 10.2. The first-order chi connectivity index (χ1) is 29.7. The first-order valence-electron chi connectivity index (χ1n) is 20.6. The standard InChI is InChI=1S/C53H43N7/c1-4-17-36(18-5-1)37-19-14-20-38(33-37)49-56-50(39-21-15-23-41(34-39)52-54-45-29-10-12-31-47(45)59(52)43-25-6-2-7-26-43)58-51(57-49)40-22-16-24-42(35-40)53-55-46-30-11-13-32-48(46)60(53)44-27-8-3-9-28-44/h1-35,49-50,52-56H,(H,57,58). The van der Waals surface area contributed by atoms with Crippen LogP contribution in [0.2, 0.25) is 0 Å². The molecule has 0 radical (unpaired) electrons. The number of benzene rings is 8. The van der Waals surface area contributed by atoms with Crippen molar-refractivity contribution >= 4 is 40.0 Å². The van der Waals surface area contributed by atoms with Gasteiger partial charge in [-0.2, -0.15) is 0 Å². The van der Waals surface area contributed by atoms with Crippen molar-refractivity contribution in [3.63, 3.8) is 0 Å². The van der Waals surface area contributed by atoms with Crippen molar-refractivity contribution in [1.82, 2.24) is 10.6 Å². The number of fused-ring (bicyclic) bond motifs is 2. The summed E-state index contributed by atoms with van der Waals surface area (Å²) in [5, 5.41) is 15.4. The van der Waals surface area contributed by atoms with Crippen LogP contribution in [0.1, 0.15) is 52.5 Å². The molecule has 7 nitrogen and oxygen atoms in total. The van der Waals surface area contributed by atoms with Crippen LogP contribution in [0.25, 0.3) is 11.1 Å². The van der Waals surface area contributed by atoms with E-state index in [1.807, 2.05) is 0 Å². The van der Waals surface area contributed by atoms with Crippen LogP contribution in [0.3, 0.4) is 0 Å². The zero-order chi connectivity index (χ0) is 39.8. The molecule has 7 heteroatoms. The fraction of sp³-hybridized carbons (Fsp3) is 0.0755. The lowest BCUT2D eigenvalue weighted by Crippen LogP contribution is -2.45. The minimum atomic E-state index is -0.334. The van der Waals surface area contributed by atoms with Crippen LogP contribution in [0.15, 0.2) is 217 Å². The van der Waals surface area contributed by atoms with Gasteiger partial charge >= 0.3 is 0 Å². The summed E-state index contributed by atoms with van der Waals surface area (Å²) < 4.78 is 0. The maximum Gasteiger partial charge on any atom is 0.131 e. The first-order valence-corrected chi connectivity index (χ1v) is 20.6. The molecule has 11 rings (SSSR count). The molecule has 4 N–H and O–H groups in total. The molecule has 0 amide bonds. The minimum Gasteiger partial charge on any atom is -0.359 e. The molecule has 8 aromatic carbocycles. The van der Waals surface area contributed by atoms with Crippen molar-refractivity contribution in [3.05, 3.63) is 240 Å². The Morgan fingerprint density at radius 3 is 1.47 bits per heavy atom. The molecular weight excluding hydrogens is 735 g/mol. The number of anilines is 6. The molecule has 4 unspecified atom stereocenters. The second-order valence-electron chi connectivity index (χ2n) is 15.5. The molecule has 4 atom stereocenters. The molecule has 3 heterocycles. The van der Waals surface area contributed by atoms with E-state index in [4.69, 9.17) is 4.99 Å². The Kier molecular flexibility index (Phi) is 9.06. The Balaban J connectivity index is 0.983. The summed E-state index contributed by atoms with van der Waals surface area (Å²) in [7, 11) is 0. The van der Waals surface area contributed by atoms with Gasteiger partial charge in [0.15, 0.2) is 0 Å². The van der Waals surface area contributed by atoms with Crippen molar-refractivity contribution in [2.75, 3.05) is 20.4 Å². The molecule has 0 aliphatic carbocycles. The van der Waals surface area contributed by atoms with Gasteiger partial charge in [0.25, 0.3) is 0 Å².